The van der Waals surface area contributed by atoms with E-state index < -0.39 is 0 Å². The molecule has 4 aromatic rings. The molecule has 0 N–H and O–H groups in total. The van der Waals surface area contributed by atoms with Crippen molar-refractivity contribution in [1.29, 1.82) is 0 Å². The molecule has 2 aromatic heterocycles. The molecular weight excluding hydrogens is 402 g/mol. The summed E-state index contributed by atoms with van der Waals surface area (Å²) in [5.74, 6) is 0.634. The van der Waals surface area contributed by atoms with Gasteiger partial charge in [0.2, 0.25) is 5.91 Å². The molecule has 162 valence electrons. The average Bonchev–Trinajstić information content (AvgIpc) is 3.23. The highest BCUT2D eigenvalue weighted by molar-refractivity contribution is 5.77. The van der Waals surface area contributed by atoms with Crippen LogP contribution in [0.25, 0.3) is 16.7 Å². The molecule has 7 nitrogen and oxygen atoms in total. The van der Waals surface area contributed by atoms with Crippen LogP contribution in [0.4, 0.5) is 0 Å². The predicted molar refractivity (Wildman–Crippen MR) is 123 cm³/mol. The Morgan fingerprint density at radius 2 is 1.78 bits per heavy atom. The Hall–Kier alpha value is -3.74. The fourth-order valence-corrected chi connectivity index (χ4v) is 4.32. The summed E-state index contributed by atoms with van der Waals surface area (Å²) in [6.07, 6.45) is 2.69. The average molecular weight is 428 g/mol. The normalized spacial score (nSPS) is 13.4. The molecule has 0 aliphatic carbocycles. The van der Waals surface area contributed by atoms with E-state index in [0.717, 1.165) is 17.7 Å². The SMILES string of the molecule is Cc1ccc(-n2ncc3c(=O)n(CCC(=O)N4CCc5ccccc5C4)c(C)nc32)cc1. The van der Waals surface area contributed by atoms with Crippen molar-refractivity contribution < 1.29 is 4.79 Å². The van der Waals surface area contributed by atoms with Crippen LogP contribution >= 0.6 is 0 Å². The van der Waals surface area contributed by atoms with Crippen molar-refractivity contribution in [3.8, 4) is 5.69 Å². The Morgan fingerprint density at radius 1 is 1.03 bits per heavy atom. The summed E-state index contributed by atoms with van der Waals surface area (Å²) < 4.78 is 3.27. The molecule has 0 saturated heterocycles. The van der Waals surface area contributed by atoms with Crippen LogP contribution in [0, 0.1) is 13.8 Å². The number of hydrogen-bond acceptors (Lipinski definition) is 4. The second-order valence-electron chi connectivity index (χ2n) is 8.33. The number of rotatable bonds is 4. The van der Waals surface area contributed by atoms with E-state index in [-0.39, 0.29) is 17.9 Å². The third kappa shape index (κ3) is 3.60. The van der Waals surface area contributed by atoms with Gasteiger partial charge in [0.1, 0.15) is 11.2 Å². The molecule has 0 bridgehead atoms. The largest absolute Gasteiger partial charge is 0.338 e. The number of amides is 1. The maximum atomic E-state index is 13.1. The summed E-state index contributed by atoms with van der Waals surface area (Å²) in [6, 6.07) is 16.2. The summed E-state index contributed by atoms with van der Waals surface area (Å²) in [6.45, 7) is 5.47. The van der Waals surface area contributed by atoms with Gasteiger partial charge in [0, 0.05) is 26.1 Å². The maximum absolute atomic E-state index is 13.1. The van der Waals surface area contributed by atoms with Gasteiger partial charge in [0.25, 0.3) is 5.56 Å². The van der Waals surface area contributed by atoms with Crippen LogP contribution in [-0.2, 0) is 24.3 Å². The molecule has 5 rings (SSSR count). The number of carbonyl (C=O) groups is 1. The molecule has 1 aliphatic heterocycles. The van der Waals surface area contributed by atoms with E-state index in [1.54, 1.807) is 22.4 Å². The first-order valence-electron chi connectivity index (χ1n) is 10.9. The quantitative estimate of drug-likeness (QED) is 0.502. The smallest absolute Gasteiger partial charge is 0.264 e. The predicted octanol–water partition coefficient (Wildman–Crippen LogP) is 3.17. The molecule has 1 aliphatic rings. The van der Waals surface area contributed by atoms with Crippen molar-refractivity contribution in [2.24, 2.45) is 0 Å². The first kappa shape index (κ1) is 20.2. The zero-order chi connectivity index (χ0) is 22.2. The number of carbonyl (C=O) groups excluding carboxylic acids is 1. The van der Waals surface area contributed by atoms with Gasteiger partial charge in [-0.25, -0.2) is 9.67 Å². The van der Waals surface area contributed by atoms with Gasteiger partial charge in [-0.15, -0.1) is 0 Å². The van der Waals surface area contributed by atoms with Crippen molar-refractivity contribution in [3.63, 3.8) is 0 Å². The fourth-order valence-electron chi connectivity index (χ4n) is 4.32. The molecule has 2 aromatic carbocycles. The summed E-state index contributed by atoms with van der Waals surface area (Å²) in [5, 5.41) is 4.85. The number of aryl methyl sites for hydroxylation is 2. The lowest BCUT2D eigenvalue weighted by atomic mass is 10.00. The molecule has 0 saturated carbocycles. The second-order valence-corrected chi connectivity index (χ2v) is 8.33. The van der Waals surface area contributed by atoms with E-state index >= 15 is 0 Å². The van der Waals surface area contributed by atoms with E-state index in [0.29, 0.717) is 36.5 Å². The van der Waals surface area contributed by atoms with Crippen LogP contribution in [0.3, 0.4) is 0 Å². The van der Waals surface area contributed by atoms with Crippen LogP contribution < -0.4 is 5.56 Å². The number of benzene rings is 2. The topological polar surface area (TPSA) is 73.0 Å². The zero-order valence-corrected chi connectivity index (χ0v) is 18.3. The molecular formula is C25H25N5O2. The molecule has 32 heavy (non-hydrogen) atoms. The summed E-state index contributed by atoms with van der Waals surface area (Å²) >= 11 is 0. The minimum Gasteiger partial charge on any atom is -0.338 e. The lowest BCUT2D eigenvalue weighted by molar-refractivity contribution is -0.132. The van der Waals surface area contributed by atoms with E-state index in [9.17, 15) is 9.59 Å². The highest BCUT2D eigenvalue weighted by atomic mass is 16.2. The van der Waals surface area contributed by atoms with Crippen LogP contribution in [-0.4, -0.2) is 36.7 Å². The van der Waals surface area contributed by atoms with Crippen molar-refractivity contribution in [1.82, 2.24) is 24.2 Å². The standard InChI is InChI=1S/C25H25N5O2/c1-17-7-9-21(10-8-17)30-24-22(15-26-30)25(32)29(18(2)27-24)14-12-23(31)28-13-11-19-5-3-4-6-20(19)16-28/h3-10,15H,11-14,16H2,1-2H3. The minimum atomic E-state index is -0.164. The van der Waals surface area contributed by atoms with Gasteiger partial charge in [-0.3, -0.25) is 14.2 Å². The molecule has 1 amide bonds. The highest BCUT2D eigenvalue weighted by Crippen LogP contribution is 2.19. The molecule has 0 fully saturated rings. The zero-order valence-electron chi connectivity index (χ0n) is 18.3. The lowest BCUT2D eigenvalue weighted by Crippen LogP contribution is -2.37. The first-order chi connectivity index (χ1) is 15.5. The van der Waals surface area contributed by atoms with Gasteiger partial charge in [0.15, 0.2) is 5.65 Å². The van der Waals surface area contributed by atoms with Gasteiger partial charge in [-0.1, -0.05) is 42.0 Å². The third-order valence-corrected chi connectivity index (χ3v) is 6.19. The fraction of sp³-hybridized carbons (Fsp3) is 0.280. The molecule has 0 spiro atoms. The number of aromatic nitrogens is 4. The van der Waals surface area contributed by atoms with E-state index in [1.165, 1.54) is 11.1 Å². The highest BCUT2D eigenvalue weighted by Gasteiger charge is 2.21. The van der Waals surface area contributed by atoms with E-state index in [2.05, 4.69) is 22.2 Å². The first-order valence-corrected chi connectivity index (χ1v) is 10.9. The van der Waals surface area contributed by atoms with Crippen molar-refractivity contribution in [2.75, 3.05) is 6.54 Å². The van der Waals surface area contributed by atoms with Crippen LogP contribution in [0.5, 0.6) is 0 Å². The van der Waals surface area contributed by atoms with Gasteiger partial charge >= 0.3 is 0 Å². The Kier molecular flexibility index (Phi) is 5.09. The van der Waals surface area contributed by atoms with E-state index in [4.69, 9.17) is 0 Å². The van der Waals surface area contributed by atoms with E-state index in [1.807, 2.05) is 48.2 Å². The van der Waals surface area contributed by atoms with Gasteiger partial charge in [-0.2, -0.15) is 5.10 Å². The maximum Gasteiger partial charge on any atom is 0.264 e. The number of fused-ring (bicyclic) bond motifs is 2. The van der Waals surface area contributed by atoms with Crippen molar-refractivity contribution in [2.45, 2.75) is 39.8 Å². The van der Waals surface area contributed by atoms with Crippen LogP contribution in [0.15, 0.2) is 59.5 Å². The minimum absolute atomic E-state index is 0.0567. The summed E-state index contributed by atoms with van der Waals surface area (Å²) in [5.41, 5.74) is 4.89. The number of hydrogen-bond donors (Lipinski definition) is 0. The Bertz CT molecular complexity index is 1370. The molecule has 0 radical (unpaired) electrons. The van der Waals surface area contributed by atoms with Crippen molar-refractivity contribution >= 4 is 16.9 Å². The van der Waals surface area contributed by atoms with Gasteiger partial charge < -0.3 is 4.90 Å². The molecule has 0 atom stereocenters. The molecule has 0 unspecified atom stereocenters. The van der Waals surface area contributed by atoms with Crippen LogP contribution in [0.2, 0.25) is 0 Å². The van der Waals surface area contributed by atoms with Gasteiger partial charge in [-0.05, 0) is 43.5 Å². The van der Waals surface area contributed by atoms with Crippen molar-refractivity contribution in [3.05, 3.63) is 87.6 Å². The molecule has 7 heteroatoms. The van der Waals surface area contributed by atoms with Crippen LogP contribution in [0.1, 0.15) is 28.9 Å². The monoisotopic (exact) mass is 427 g/mol. The summed E-state index contributed by atoms with van der Waals surface area (Å²) in [4.78, 5) is 32.5. The summed E-state index contributed by atoms with van der Waals surface area (Å²) in [7, 11) is 0. The Labute approximate surface area is 185 Å². The molecule has 3 heterocycles. The third-order valence-electron chi connectivity index (χ3n) is 6.19. The Balaban J connectivity index is 1.36. The lowest BCUT2D eigenvalue weighted by Gasteiger charge is -2.29. The van der Waals surface area contributed by atoms with Gasteiger partial charge in [0.05, 0.1) is 11.9 Å². The number of nitrogens with zero attached hydrogens (tertiary/aromatic N) is 5. The second kappa shape index (κ2) is 8.07. The Morgan fingerprint density at radius 3 is 2.56 bits per heavy atom.